The number of allylic oxidation sites excluding steroid dienone is 1. The molecular formula is C9H15ClO2. The van der Waals surface area contributed by atoms with E-state index in [0.29, 0.717) is 13.0 Å². The first-order valence-corrected chi connectivity index (χ1v) is 4.57. The summed E-state index contributed by atoms with van der Waals surface area (Å²) in [6.07, 6.45) is 4.25. The Morgan fingerprint density at radius 1 is 1.75 bits per heavy atom. The third-order valence-corrected chi connectivity index (χ3v) is 1.80. The molecule has 0 aliphatic rings. The third-order valence-electron chi connectivity index (χ3n) is 1.41. The fourth-order valence-corrected chi connectivity index (χ4v) is 1.01. The average molecular weight is 191 g/mol. The summed E-state index contributed by atoms with van der Waals surface area (Å²) in [5.74, 6) is -0.316. The molecule has 0 aromatic carbocycles. The van der Waals surface area contributed by atoms with E-state index in [0.717, 1.165) is 12.8 Å². The van der Waals surface area contributed by atoms with Crippen molar-refractivity contribution in [1.82, 2.24) is 0 Å². The van der Waals surface area contributed by atoms with E-state index >= 15 is 0 Å². The van der Waals surface area contributed by atoms with Crippen LogP contribution < -0.4 is 0 Å². The van der Waals surface area contributed by atoms with Gasteiger partial charge >= 0.3 is 5.97 Å². The molecule has 0 bridgehead atoms. The number of halogens is 1. The van der Waals surface area contributed by atoms with E-state index in [9.17, 15) is 4.79 Å². The van der Waals surface area contributed by atoms with Gasteiger partial charge in [0.05, 0.1) is 6.61 Å². The molecule has 0 amide bonds. The lowest BCUT2D eigenvalue weighted by Gasteiger charge is -2.06. The second-order valence-corrected chi connectivity index (χ2v) is 2.97. The van der Waals surface area contributed by atoms with Crippen LogP contribution in [0, 0.1) is 0 Å². The Morgan fingerprint density at radius 2 is 2.42 bits per heavy atom. The molecule has 0 aromatic rings. The maximum absolute atomic E-state index is 11.0. The van der Waals surface area contributed by atoms with Gasteiger partial charge in [-0.05, 0) is 26.2 Å². The third kappa shape index (κ3) is 5.19. The first-order chi connectivity index (χ1) is 5.72. The van der Waals surface area contributed by atoms with E-state index in [4.69, 9.17) is 16.3 Å². The van der Waals surface area contributed by atoms with E-state index in [2.05, 4.69) is 6.58 Å². The van der Waals surface area contributed by atoms with Crippen molar-refractivity contribution < 1.29 is 9.53 Å². The van der Waals surface area contributed by atoms with Gasteiger partial charge in [0, 0.05) is 0 Å². The molecule has 0 rings (SSSR count). The van der Waals surface area contributed by atoms with Crippen LogP contribution in [0.5, 0.6) is 0 Å². The number of carbonyl (C=O) groups is 1. The molecular weight excluding hydrogens is 176 g/mol. The summed E-state index contributed by atoms with van der Waals surface area (Å²) >= 11 is 5.74. The second kappa shape index (κ2) is 7.17. The molecule has 0 saturated heterocycles. The maximum atomic E-state index is 11.0. The van der Waals surface area contributed by atoms with Crippen molar-refractivity contribution in [3.05, 3.63) is 12.7 Å². The summed E-state index contributed by atoms with van der Waals surface area (Å²) < 4.78 is 4.74. The summed E-state index contributed by atoms with van der Waals surface area (Å²) in [5, 5.41) is -0.495. The van der Waals surface area contributed by atoms with Gasteiger partial charge in [-0.1, -0.05) is 6.08 Å². The highest BCUT2D eigenvalue weighted by Gasteiger charge is 2.14. The molecule has 0 N–H and O–H groups in total. The molecule has 70 valence electrons. The Hall–Kier alpha value is -0.500. The van der Waals surface area contributed by atoms with Gasteiger partial charge in [0.2, 0.25) is 0 Å². The van der Waals surface area contributed by atoms with E-state index in [-0.39, 0.29) is 5.97 Å². The van der Waals surface area contributed by atoms with Gasteiger partial charge < -0.3 is 4.74 Å². The zero-order valence-electron chi connectivity index (χ0n) is 7.38. The van der Waals surface area contributed by atoms with Crippen molar-refractivity contribution in [3.8, 4) is 0 Å². The topological polar surface area (TPSA) is 26.3 Å². The molecule has 0 aliphatic carbocycles. The van der Waals surface area contributed by atoms with Crippen LogP contribution >= 0.6 is 11.6 Å². The monoisotopic (exact) mass is 190 g/mol. The summed E-state index contributed by atoms with van der Waals surface area (Å²) in [6, 6.07) is 0. The van der Waals surface area contributed by atoms with Crippen LogP contribution in [0.4, 0.5) is 0 Å². The fourth-order valence-electron chi connectivity index (χ4n) is 0.792. The van der Waals surface area contributed by atoms with Crippen molar-refractivity contribution in [1.29, 1.82) is 0 Å². The second-order valence-electron chi connectivity index (χ2n) is 2.44. The SMILES string of the molecule is C=CCCCC(Cl)C(=O)OCC. The first kappa shape index (κ1) is 11.5. The fraction of sp³-hybridized carbons (Fsp3) is 0.667. The number of hydrogen-bond acceptors (Lipinski definition) is 2. The summed E-state index contributed by atoms with van der Waals surface area (Å²) in [5.41, 5.74) is 0. The van der Waals surface area contributed by atoms with Crippen molar-refractivity contribution in [2.24, 2.45) is 0 Å². The predicted octanol–water partition coefficient (Wildman–Crippen LogP) is 2.51. The van der Waals surface area contributed by atoms with E-state index < -0.39 is 5.38 Å². The highest BCUT2D eigenvalue weighted by atomic mass is 35.5. The highest BCUT2D eigenvalue weighted by Crippen LogP contribution is 2.09. The minimum Gasteiger partial charge on any atom is -0.465 e. The molecule has 0 radical (unpaired) electrons. The number of ether oxygens (including phenoxy) is 1. The number of hydrogen-bond donors (Lipinski definition) is 0. The Labute approximate surface area is 78.5 Å². The molecule has 1 unspecified atom stereocenters. The van der Waals surface area contributed by atoms with Gasteiger partial charge in [-0.25, -0.2) is 0 Å². The molecule has 3 heteroatoms. The number of carbonyl (C=O) groups excluding carboxylic acids is 1. The molecule has 0 aromatic heterocycles. The van der Waals surface area contributed by atoms with E-state index in [1.807, 2.05) is 6.08 Å². The molecule has 1 atom stereocenters. The van der Waals surface area contributed by atoms with Gasteiger partial charge in [0.1, 0.15) is 5.38 Å². The van der Waals surface area contributed by atoms with Gasteiger partial charge in [0.25, 0.3) is 0 Å². The zero-order valence-corrected chi connectivity index (χ0v) is 8.14. The molecule has 12 heavy (non-hydrogen) atoms. The average Bonchev–Trinajstić information content (AvgIpc) is 2.05. The number of esters is 1. The van der Waals surface area contributed by atoms with E-state index in [1.54, 1.807) is 6.92 Å². The van der Waals surface area contributed by atoms with Gasteiger partial charge in [-0.3, -0.25) is 4.79 Å². The molecule has 2 nitrogen and oxygen atoms in total. The lowest BCUT2D eigenvalue weighted by Crippen LogP contribution is -2.17. The van der Waals surface area contributed by atoms with Gasteiger partial charge in [0.15, 0.2) is 0 Å². The number of unbranched alkanes of at least 4 members (excludes halogenated alkanes) is 1. The van der Waals surface area contributed by atoms with Crippen LogP contribution in [-0.4, -0.2) is 18.0 Å². The van der Waals surface area contributed by atoms with Crippen molar-refractivity contribution >= 4 is 17.6 Å². The van der Waals surface area contributed by atoms with Crippen molar-refractivity contribution in [2.45, 2.75) is 31.6 Å². The Balaban J connectivity index is 3.49. The lowest BCUT2D eigenvalue weighted by atomic mass is 10.2. The van der Waals surface area contributed by atoms with Crippen molar-refractivity contribution in [3.63, 3.8) is 0 Å². The van der Waals surface area contributed by atoms with Gasteiger partial charge in [-0.15, -0.1) is 18.2 Å². The Morgan fingerprint density at radius 3 is 2.92 bits per heavy atom. The minimum absolute atomic E-state index is 0.316. The highest BCUT2D eigenvalue weighted by molar-refractivity contribution is 6.29. The standard InChI is InChI=1S/C9H15ClO2/c1-3-5-6-7-8(10)9(11)12-4-2/h3,8H,1,4-7H2,2H3. The van der Waals surface area contributed by atoms with Crippen LogP contribution in [0.2, 0.25) is 0 Å². The smallest absolute Gasteiger partial charge is 0.324 e. The minimum atomic E-state index is -0.495. The zero-order chi connectivity index (χ0) is 9.40. The molecule has 0 fully saturated rings. The van der Waals surface area contributed by atoms with Crippen LogP contribution in [0.3, 0.4) is 0 Å². The Kier molecular flexibility index (Phi) is 6.87. The largest absolute Gasteiger partial charge is 0.465 e. The Bertz CT molecular complexity index is 145. The first-order valence-electron chi connectivity index (χ1n) is 4.14. The summed E-state index contributed by atoms with van der Waals surface area (Å²) in [7, 11) is 0. The quantitative estimate of drug-likeness (QED) is 0.279. The lowest BCUT2D eigenvalue weighted by molar-refractivity contribution is -0.142. The summed E-state index contributed by atoms with van der Waals surface area (Å²) in [4.78, 5) is 11.0. The molecule has 0 saturated carbocycles. The summed E-state index contributed by atoms with van der Waals surface area (Å²) in [6.45, 7) is 5.74. The maximum Gasteiger partial charge on any atom is 0.324 e. The van der Waals surface area contributed by atoms with Crippen LogP contribution in [-0.2, 0) is 9.53 Å². The van der Waals surface area contributed by atoms with Crippen LogP contribution in [0.25, 0.3) is 0 Å². The molecule has 0 aliphatic heterocycles. The van der Waals surface area contributed by atoms with Crippen LogP contribution in [0.1, 0.15) is 26.2 Å². The van der Waals surface area contributed by atoms with E-state index in [1.165, 1.54) is 0 Å². The molecule has 0 heterocycles. The van der Waals surface area contributed by atoms with Crippen LogP contribution in [0.15, 0.2) is 12.7 Å². The molecule has 0 spiro atoms. The number of rotatable bonds is 6. The van der Waals surface area contributed by atoms with Gasteiger partial charge in [-0.2, -0.15) is 0 Å². The van der Waals surface area contributed by atoms with Crippen molar-refractivity contribution in [2.75, 3.05) is 6.61 Å². The number of alkyl halides is 1. The normalized spacial score (nSPS) is 12.2. The predicted molar refractivity (Wildman–Crippen MR) is 50.3 cm³/mol.